The van der Waals surface area contributed by atoms with Gasteiger partial charge in [-0.1, -0.05) is 6.42 Å². The Morgan fingerprint density at radius 1 is 1.30 bits per heavy atom. The number of hydrogen-bond acceptors (Lipinski definition) is 4. The molecule has 3 N–H and O–H groups in total. The van der Waals surface area contributed by atoms with Crippen molar-refractivity contribution in [3.8, 4) is 0 Å². The van der Waals surface area contributed by atoms with Crippen molar-refractivity contribution in [3.05, 3.63) is 23.5 Å². The minimum atomic E-state index is -3.70. The molecule has 0 saturated heterocycles. The Morgan fingerprint density at radius 2 is 2.00 bits per heavy atom. The van der Waals surface area contributed by atoms with Crippen molar-refractivity contribution in [2.24, 2.45) is 0 Å². The van der Waals surface area contributed by atoms with E-state index in [0.29, 0.717) is 6.54 Å². The van der Waals surface area contributed by atoms with Crippen LogP contribution >= 0.6 is 11.8 Å². The highest BCUT2D eigenvalue weighted by Gasteiger charge is 2.19. The van der Waals surface area contributed by atoms with Gasteiger partial charge in [0.15, 0.2) is 0 Å². The van der Waals surface area contributed by atoms with E-state index < -0.39 is 15.8 Å². The van der Waals surface area contributed by atoms with E-state index in [4.69, 9.17) is 5.73 Å². The number of nitrogen functional groups attached to an aromatic ring is 1. The van der Waals surface area contributed by atoms with E-state index in [1.54, 1.807) is 11.8 Å². The first kappa shape index (κ1) is 17.3. The Balaban J connectivity index is 2.65. The third-order valence-corrected chi connectivity index (χ3v) is 5.21. The fraction of sp³-hybridized carbons (Fsp3) is 0.538. The number of nitrogens with two attached hydrogens (primary N) is 1. The molecule has 0 radical (unpaired) electrons. The van der Waals surface area contributed by atoms with Crippen molar-refractivity contribution >= 4 is 27.5 Å². The lowest BCUT2D eigenvalue weighted by Crippen LogP contribution is -2.26. The third-order valence-electron chi connectivity index (χ3n) is 2.93. The van der Waals surface area contributed by atoms with Crippen LogP contribution < -0.4 is 10.5 Å². The molecule has 0 amide bonds. The molecule has 1 aromatic rings. The standard InChI is InChI=1S/C13H21FN2O2S2/c1-10-12(14)8-11(15)9-13(10)20(17,18)16-6-4-3-5-7-19-2/h8-9,16H,3-7,15H2,1-2H3. The second-order valence-corrected chi connectivity index (χ2v) is 7.30. The molecule has 0 heterocycles. The highest BCUT2D eigenvalue weighted by Crippen LogP contribution is 2.21. The second-order valence-electron chi connectivity index (χ2n) is 4.58. The molecule has 1 rings (SSSR count). The normalized spacial score (nSPS) is 11.8. The SMILES string of the molecule is CSCCCCCNS(=O)(=O)c1cc(N)cc(F)c1C. The van der Waals surface area contributed by atoms with Crippen LogP contribution in [0.5, 0.6) is 0 Å². The highest BCUT2D eigenvalue weighted by atomic mass is 32.2. The fourth-order valence-electron chi connectivity index (χ4n) is 1.79. The Kier molecular flexibility index (Phi) is 6.78. The molecule has 0 bridgehead atoms. The van der Waals surface area contributed by atoms with Crippen LogP contribution in [0.2, 0.25) is 0 Å². The van der Waals surface area contributed by atoms with E-state index in [9.17, 15) is 12.8 Å². The first-order valence-corrected chi connectivity index (χ1v) is 9.30. The summed E-state index contributed by atoms with van der Waals surface area (Å²) in [7, 11) is -3.70. The van der Waals surface area contributed by atoms with Gasteiger partial charge in [0.25, 0.3) is 0 Å². The molecule has 0 unspecified atom stereocenters. The number of halogens is 1. The molecule has 0 spiro atoms. The Hall–Kier alpha value is -0.790. The molecule has 0 aliphatic rings. The minimum Gasteiger partial charge on any atom is -0.399 e. The third kappa shape index (κ3) is 4.96. The minimum absolute atomic E-state index is 0.0842. The number of sulfonamides is 1. The Morgan fingerprint density at radius 3 is 2.65 bits per heavy atom. The molecule has 7 heteroatoms. The van der Waals surface area contributed by atoms with Gasteiger partial charge >= 0.3 is 0 Å². The molecule has 0 saturated carbocycles. The van der Waals surface area contributed by atoms with Crippen LogP contribution in [-0.2, 0) is 10.0 Å². The summed E-state index contributed by atoms with van der Waals surface area (Å²) in [6.07, 6.45) is 4.84. The van der Waals surface area contributed by atoms with Crippen LogP contribution in [0.15, 0.2) is 17.0 Å². The molecular weight excluding hydrogens is 299 g/mol. The maximum atomic E-state index is 13.5. The maximum absolute atomic E-state index is 13.5. The maximum Gasteiger partial charge on any atom is 0.241 e. The summed E-state index contributed by atoms with van der Waals surface area (Å²) in [5.41, 5.74) is 5.70. The summed E-state index contributed by atoms with van der Waals surface area (Å²) in [5.74, 6) is 0.470. The molecule has 4 nitrogen and oxygen atoms in total. The predicted octanol–water partition coefficient (Wildman–Crippen LogP) is 2.53. The van der Waals surface area contributed by atoms with Crippen molar-refractivity contribution in [2.45, 2.75) is 31.1 Å². The molecular formula is C13H21FN2O2S2. The average Bonchev–Trinajstić information content (AvgIpc) is 2.37. The van der Waals surface area contributed by atoms with Crippen LogP contribution in [0.25, 0.3) is 0 Å². The number of hydrogen-bond donors (Lipinski definition) is 2. The summed E-state index contributed by atoms with van der Waals surface area (Å²) >= 11 is 1.77. The van der Waals surface area contributed by atoms with Crippen molar-refractivity contribution in [1.29, 1.82) is 0 Å². The molecule has 0 atom stereocenters. The molecule has 0 fully saturated rings. The van der Waals surface area contributed by atoms with Gasteiger partial charge in [0.05, 0.1) is 4.90 Å². The number of rotatable bonds is 8. The lowest BCUT2D eigenvalue weighted by atomic mass is 10.2. The molecule has 1 aromatic carbocycles. The Labute approximate surface area is 124 Å². The first-order chi connectivity index (χ1) is 9.38. The summed E-state index contributed by atoms with van der Waals surface area (Å²) in [6.45, 7) is 1.79. The van der Waals surface area contributed by atoms with Gasteiger partial charge in [0.1, 0.15) is 5.82 Å². The average molecular weight is 320 g/mol. The van der Waals surface area contributed by atoms with Gasteiger partial charge in [-0.15, -0.1) is 0 Å². The second kappa shape index (κ2) is 7.85. The molecule has 0 aromatic heterocycles. The number of unbranched alkanes of at least 4 members (excludes halogenated alkanes) is 2. The molecule has 0 aliphatic carbocycles. The molecule has 20 heavy (non-hydrogen) atoms. The van der Waals surface area contributed by atoms with Crippen LogP contribution in [0.3, 0.4) is 0 Å². The summed E-state index contributed by atoms with van der Waals surface area (Å²) in [6, 6.07) is 2.41. The zero-order valence-corrected chi connectivity index (χ0v) is 13.4. The zero-order valence-electron chi connectivity index (χ0n) is 11.8. The summed E-state index contributed by atoms with van der Waals surface area (Å²) in [4.78, 5) is -0.0842. The van der Waals surface area contributed by atoms with Gasteiger partial charge in [-0.2, -0.15) is 11.8 Å². The van der Waals surface area contributed by atoms with Gasteiger partial charge in [0, 0.05) is 17.8 Å². The number of anilines is 1. The van der Waals surface area contributed by atoms with E-state index in [1.165, 1.54) is 13.0 Å². The lowest BCUT2D eigenvalue weighted by molar-refractivity contribution is 0.570. The van der Waals surface area contributed by atoms with Crippen molar-refractivity contribution in [3.63, 3.8) is 0 Å². The number of nitrogens with one attached hydrogen (secondary N) is 1. The van der Waals surface area contributed by atoms with Crippen molar-refractivity contribution < 1.29 is 12.8 Å². The lowest BCUT2D eigenvalue weighted by Gasteiger charge is -2.10. The highest BCUT2D eigenvalue weighted by molar-refractivity contribution is 7.98. The van der Waals surface area contributed by atoms with Gasteiger partial charge in [-0.3, -0.25) is 0 Å². The molecule has 0 aliphatic heterocycles. The van der Waals surface area contributed by atoms with E-state index in [-0.39, 0.29) is 16.1 Å². The first-order valence-electron chi connectivity index (χ1n) is 6.42. The van der Waals surface area contributed by atoms with E-state index >= 15 is 0 Å². The Bertz CT molecular complexity index is 548. The predicted molar refractivity (Wildman–Crippen MR) is 83.0 cm³/mol. The largest absolute Gasteiger partial charge is 0.399 e. The van der Waals surface area contributed by atoms with Crippen LogP contribution in [0, 0.1) is 12.7 Å². The van der Waals surface area contributed by atoms with Gasteiger partial charge in [-0.05, 0) is 43.9 Å². The quantitative estimate of drug-likeness (QED) is 0.570. The number of thioether (sulfide) groups is 1. The van der Waals surface area contributed by atoms with Gasteiger partial charge < -0.3 is 5.73 Å². The summed E-state index contributed by atoms with van der Waals surface area (Å²) < 4.78 is 40.2. The van der Waals surface area contributed by atoms with E-state index in [0.717, 1.165) is 31.1 Å². The fourth-order valence-corrected chi connectivity index (χ4v) is 3.64. The van der Waals surface area contributed by atoms with E-state index in [1.807, 2.05) is 6.26 Å². The topological polar surface area (TPSA) is 72.2 Å². The number of benzene rings is 1. The molecule has 114 valence electrons. The van der Waals surface area contributed by atoms with Gasteiger partial charge in [-0.25, -0.2) is 17.5 Å². The van der Waals surface area contributed by atoms with Crippen LogP contribution in [0.4, 0.5) is 10.1 Å². The van der Waals surface area contributed by atoms with E-state index in [2.05, 4.69) is 4.72 Å². The van der Waals surface area contributed by atoms with Crippen LogP contribution in [-0.4, -0.2) is 27.0 Å². The summed E-state index contributed by atoms with van der Waals surface area (Å²) in [5, 5.41) is 0. The monoisotopic (exact) mass is 320 g/mol. The smallest absolute Gasteiger partial charge is 0.241 e. The van der Waals surface area contributed by atoms with Gasteiger partial charge in [0.2, 0.25) is 10.0 Å². The zero-order chi connectivity index (χ0) is 15.2. The van der Waals surface area contributed by atoms with Crippen molar-refractivity contribution in [2.75, 3.05) is 24.3 Å². The van der Waals surface area contributed by atoms with Crippen LogP contribution in [0.1, 0.15) is 24.8 Å². The van der Waals surface area contributed by atoms with Crippen molar-refractivity contribution in [1.82, 2.24) is 4.72 Å².